The van der Waals surface area contributed by atoms with Crippen LogP contribution >= 0.6 is 15.9 Å². The summed E-state index contributed by atoms with van der Waals surface area (Å²) in [5, 5.41) is 4.65. The van der Waals surface area contributed by atoms with Crippen molar-refractivity contribution in [3.05, 3.63) is 94.2 Å². The summed E-state index contributed by atoms with van der Waals surface area (Å²) in [4.78, 5) is 29.7. The second-order valence-corrected chi connectivity index (χ2v) is 6.92. The largest absolute Gasteiger partial charge is 0.359 e. The highest BCUT2D eigenvalue weighted by Gasteiger charge is 2.34. The van der Waals surface area contributed by atoms with Crippen LogP contribution in [0.4, 0.5) is 5.69 Å². The first-order valence-electron chi connectivity index (χ1n) is 8.29. The van der Waals surface area contributed by atoms with Crippen LogP contribution in [0.3, 0.4) is 0 Å². The van der Waals surface area contributed by atoms with Crippen molar-refractivity contribution in [1.82, 2.24) is 15.4 Å². The van der Waals surface area contributed by atoms with Gasteiger partial charge in [0.15, 0.2) is 0 Å². The zero-order valence-electron chi connectivity index (χ0n) is 14.1. The van der Waals surface area contributed by atoms with Crippen LogP contribution in [0.1, 0.15) is 32.4 Å². The van der Waals surface area contributed by atoms with Gasteiger partial charge in [0, 0.05) is 22.6 Å². The number of anilines is 1. The number of carbonyl (C=O) groups excluding carboxylic acids is 2. The van der Waals surface area contributed by atoms with E-state index in [0.29, 0.717) is 16.8 Å². The topological polar surface area (TPSA) is 74.3 Å². The fourth-order valence-electron chi connectivity index (χ4n) is 2.93. The second-order valence-electron chi connectivity index (χ2n) is 6.01. The van der Waals surface area contributed by atoms with Crippen molar-refractivity contribution in [2.75, 3.05) is 5.32 Å². The predicted molar refractivity (Wildman–Crippen MR) is 105 cm³/mol. The molecule has 1 aromatic heterocycles. The lowest BCUT2D eigenvalue weighted by atomic mass is 10.0. The van der Waals surface area contributed by atoms with Gasteiger partial charge in [-0.05, 0) is 35.9 Å². The number of hydrogen-bond acceptors (Lipinski definition) is 4. The van der Waals surface area contributed by atoms with E-state index in [2.05, 4.69) is 31.7 Å². The molecule has 4 rings (SSSR count). The zero-order chi connectivity index (χ0) is 18.8. The Morgan fingerprint density at radius 1 is 1.11 bits per heavy atom. The highest BCUT2D eigenvalue weighted by atomic mass is 79.9. The Morgan fingerprint density at radius 3 is 2.67 bits per heavy atom. The third-order valence-corrected chi connectivity index (χ3v) is 4.74. The monoisotopic (exact) mass is 422 g/mol. The van der Waals surface area contributed by atoms with Crippen molar-refractivity contribution in [2.45, 2.75) is 6.17 Å². The smallest absolute Gasteiger partial charge is 0.276 e. The molecule has 0 saturated carbocycles. The summed E-state index contributed by atoms with van der Waals surface area (Å²) in [5.41, 5.74) is 5.13. The Hall–Kier alpha value is -3.19. The third-order valence-electron chi connectivity index (χ3n) is 4.24. The molecule has 134 valence electrons. The first-order chi connectivity index (χ1) is 13.1. The molecule has 2 amide bonds. The van der Waals surface area contributed by atoms with Gasteiger partial charge in [-0.15, -0.1) is 0 Å². The van der Waals surface area contributed by atoms with Crippen molar-refractivity contribution >= 4 is 33.4 Å². The second kappa shape index (κ2) is 7.20. The SMILES string of the molecule is O=C(NN1C(=O)c2cc(Br)ccc2NC1c1ccccc1)c1cccnc1. The van der Waals surface area contributed by atoms with Gasteiger partial charge in [-0.25, -0.2) is 5.01 Å². The van der Waals surface area contributed by atoms with Crippen LogP contribution in [-0.4, -0.2) is 21.8 Å². The molecule has 7 heteroatoms. The van der Waals surface area contributed by atoms with E-state index in [1.54, 1.807) is 24.4 Å². The Labute approximate surface area is 164 Å². The van der Waals surface area contributed by atoms with Crippen molar-refractivity contribution < 1.29 is 9.59 Å². The summed E-state index contributed by atoms with van der Waals surface area (Å²) in [5.74, 6) is -0.700. The molecular weight excluding hydrogens is 408 g/mol. The molecule has 2 N–H and O–H groups in total. The number of rotatable bonds is 3. The number of aromatic nitrogens is 1. The Balaban J connectivity index is 1.73. The number of pyridine rings is 1. The lowest BCUT2D eigenvalue weighted by Gasteiger charge is -2.37. The highest BCUT2D eigenvalue weighted by molar-refractivity contribution is 9.10. The lowest BCUT2D eigenvalue weighted by Crippen LogP contribution is -2.52. The molecule has 0 radical (unpaired) electrons. The van der Waals surface area contributed by atoms with E-state index in [0.717, 1.165) is 10.0 Å². The summed E-state index contributed by atoms with van der Waals surface area (Å²) in [6, 6.07) is 18.2. The molecule has 1 atom stereocenters. The Morgan fingerprint density at radius 2 is 1.93 bits per heavy atom. The number of nitrogens with one attached hydrogen (secondary N) is 2. The number of carbonyl (C=O) groups is 2. The molecule has 0 aliphatic carbocycles. The molecule has 0 spiro atoms. The number of nitrogens with zero attached hydrogens (tertiary/aromatic N) is 2. The number of halogens is 1. The van der Waals surface area contributed by atoms with Crippen LogP contribution in [0.5, 0.6) is 0 Å². The Kier molecular flexibility index (Phi) is 4.60. The molecule has 1 aliphatic rings. The predicted octanol–water partition coefficient (Wildman–Crippen LogP) is 3.76. The number of benzene rings is 2. The molecule has 2 aromatic carbocycles. The Bertz CT molecular complexity index is 995. The van der Waals surface area contributed by atoms with Gasteiger partial charge in [0.25, 0.3) is 11.8 Å². The van der Waals surface area contributed by atoms with E-state index in [-0.39, 0.29) is 5.91 Å². The lowest BCUT2D eigenvalue weighted by molar-refractivity contribution is 0.0490. The quantitative estimate of drug-likeness (QED) is 0.673. The zero-order valence-corrected chi connectivity index (χ0v) is 15.7. The first-order valence-corrected chi connectivity index (χ1v) is 9.08. The third kappa shape index (κ3) is 3.41. The fourth-order valence-corrected chi connectivity index (χ4v) is 3.29. The number of hydrogen-bond donors (Lipinski definition) is 2. The van der Waals surface area contributed by atoms with Crippen LogP contribution in [0.2, 0.25) is 0 Å². The van der Waals surface area contributed by atoms with E-state index in [4.69, 9.17) is 0 Å². The summed E-state index contributed by atoms with van der Waals surface area (Å²) < 4.78 is 0.785. The van der Waals surface area contributed by atoms with E-state index in [9.17, 15) is 9.59 Å². The van der Waals surface area contributed by atoms with Gasteiger partial charge in [0.2, 0.25) is 0 Å². The van der Waals surface area contributed by atoms with Crippen molar-refractivity contribution in [1.29, 1.82) is 0 Å². The summed E-state index contributed by atoms with van der Waals surface area (Å²) >= 11 is 3.39. The maximum Gasteiger partial charge on any atom is 0.276 e. The van der Waals surface area contributed by atoms with E-state index >= 15 is 0 Å². The summed E-state index contributed by atoms with van der Waals surface area (Å²) in [6.07, 6.45) is 2.51. The molecule has 2 heterocycles. The van der Waals surface area contributed by atoms with Crippen LogP contribution in [0, 0.1) is 0 Å². The molecular formula is C20H15BrN4O2. The average Bonchev–Trinajstić information content (AvgIpc) is 2.71. The average molecular weight is 423 g/mol. The van der Waals surface area contributed by atoms with Crippen molar-refractivity contribution in [3.63, 3.8) is 0 Å². The molecule has 27 heavy (non-hydrogen) atoms. The molecule has 0 bridgehead atoms. The van der Waals surface area contributed by atoms with E-state index < -0.39 is 12.1 Å². The van der Waals surface area contributed by atoms with Crippen molar-refractivity contribution in [3.8, 4) is 0 Å². The molecule has 0 fully saturated rings. The highest BCUT2D eigenvalue weighted by Crippen LogP contribution is 2.33. The van der Waals surface area contributed by atoms with Gasteiger partial charge >= 0.3 is 0 Å². The minimum absolute atomic E-state index is 0.295. The number of hydrazine groups is 1. The van der Waals surface area contributed by atoms with Gasteiger partial charge in [-0.1, -0.05) is 46.3 Å². The van der Waals surface area contributed by atoms with E-state index in [1.807, 2.05) is 42.5 Å². The fraction of sp³-hybridized carbons (Fsp3) is 0.0500. The van der Waals surface area contributed by atoms with Gasteiger partial charge in [-0.3, -0.25) is 20.0 Å². The first kappa shape index (κ1) is 17.2. The van der Waals surface area contributed by atoms with Crippen LogP contribution in [0.15, 0.2) is 77.5 Å². The van der Waals surface area contributed by atoms with Gasteiger partial charge in [-0.2, -0.15) is 0 Å². The summed E-state index contributed by atoms with van der Waals surface area (Å²) in [6.45, 7) is 0. The molecule has 6 nitrogen and oxygen atoms in total. The van der Waals surface area contributed by atoms with Gasteiger partial charge in [0.1, 0.15) is 6.17 Å². The normalized spacial score (nSPS) is 15.7. The number of amides is 2. The number of fused-ring (bicyclic) bond motifs is 1. The molecule has 0 saturated heterocycles. The van der Waals surface area contributed by atoms with Crippen LogP contribution in [-0.2, 0) is 0 Å². The molecule has 3 aromatic rings. The minimum Gasteiger partial charge on any atom is -0.359 e. The van der Waals surface area contributed by atoms with E-state index in [1.165, 1.54) is 11.2 Å². The molecule has 1 aliphatic heterocycles. The maximum atomic E-state index is 13.2. The van der Waals surface area contributed by atoms with Crippen LogP contribution in [0.25, 0.3) is 0 Å². The van der Waals surface area contributed by atoms with Gasteiger partial charge < -0.3 is 5.32 Å². The van der Waals surface area contributed by atoms with Crippen molar-refractivity contribution in [2.24, 2.45) is 0 Å². The van der Waals surface area contributed by atoms with Gasteiger partial charge in [0.05, 0.1) is 11.1 Å². The molecule has 1 unspecified atom stereocenters. The maximum absolute atomic E-state index is 13.2. The van der Waals surface area contributed by atoms with Crippen LogP contribution < -0.4 is 10.7 Å². The summed E-state index contributed by atoms with van der Waals surface area (Å²) in [7, 11) is 0. The minimum atomic E-state index is -0.534. The standard InChI is InChI=1S/C20H15BrN4O2/c21-15-8-9-17-16(11-15)20(27)25(18(23-17)13-5-2-1-3-6-13)24-19(26)14-7-4-10-22-12-14/h1-12,18,23H,(H,24,26).